The van der Waals surface area contributed by atoms with Gasteiger partial charge >= 0.3 is 6.03 Å². The molecule has 6 nitrogen and oxygen atoms in total. The van der Waals surface area contributed by atoms with Gasteiger partial charge in [-0.2, -0.15) is 0 Å². The molecule has 2 aromatic carbocycles. The number of carbonyl (C=O) groups excluding carboxylic acids is 2. The van der Waals surface area contributed by atoms with Gasteiger partial charge < -0.3 is 9.73 Å². The Morgan fingerprint density at radius 2 is 2.00 bits per heavy atom. The SMILES string of the molecule is O=C(NC(=O)c1ccc2ncoc2c1)Nc1cccc(Br)c1. The minimum Gasteiger partial charge on any atom is -0.443 e. The third-order valence-electron chi connectivity index (χ3n) is 2.90. The number of anilines is 1. The van der Waals surface area contributed by atoms with Crippen molar-refractivity contribution in [2.45, 2.75) is 0 Å². The second-order valence-electron chi connectivity index (χ2n) is 4.45. The standard InChI is InChI=1S/C15H10BrN3O3/c16-10-2-1-3-11(7-10)18-15(21)19-14(20)9-4-5-12-13(6-9)22-8-17-12/h1-8H,(H2,18,19,20,21). The number of oxazole rings is 1. The third-order valence-corrected chi connectivity index (χ3v) is 3.40. The number of imide groups is 1. The van der Waals surface area contributed by atoms with E-state index in [9.17, 15) is 9.59 Å². The zero-order valence-corrected chi connectivity index (χ0v) is 12.8. The number of urea groups is 1. The molecule has 22 heavy (non-hydrogen) atoms. The number of aromatic nitrogens is 1. The Kier molecular flexibility index (Phi) is 3.88. The van der Waals surface area contributed by atoms with Crippen LogP contribution >= 0.6 is 15.9 Å². The van der Waals surface area contributed by atoms with Crippen LogP contribution in [0.5, 0.6) is 0 Å². The number of hydrogen-bond acceptors (Lipinski definition) is 4. The molecule has 0 aliphatic heterocycles. The Labute approximate surface area is 133 Å². The molecule has 0 fully saturated rings. The predicted molar refractivity (Wildman–Crippen MR) is 84.6 cm³/mol. The molecule has 1 heterocycles. The van der Waals surface area contributed by atoms with E-state index in [1.165, 1.54) is 12.5 Å². The first-order valence-electron chi connectivity index (χ1n) is 6.33. The van der Waals surface area contributed by atoms with Crippen molar-refractivity contribution < 1.29 is 14.0 Å². The van der Waals surface area contributed by atoms with Gasteiger partial charge in [-0.3, -0.25) is 10.1 Å². The topological polar surface area (TPSA) is 84.2 Å². The number of nitrogens with zero attached hydrogens (tertiary/aromatic N) is 1. The van der Waals surface area contributed by atoms with Gasteiger partial charge in [0, 0.05) is 15.7 Å². The molecule has 0 spiro atoms. The molecular formula is C15H10BrN3O3. The molecule has 3 amide bonds. The summed E-state index contributed by atoms with van der Waals surface area (Å²) in [4.78, 5) is 27.8. The van der Waals surface area contributed by atoms with Crippen LogP contribution in [0.2, 0.25) is 0 Å². The number of halogens is 1. The Morgan fingerprint density at radius 3 is 2.82 bits per heavy atom. The fourth-order valence-electron chi connectivity index (χ4n) is 1.90. The van der Waals surface area contributed by atoms with Gasteiger partial charge in [0.05, 0.1) is 0 Å². The lowest BCUT2D eigenvalue weighted by atomic mass is 10.2. The molecule has 3 aromatic rings. The molecule has 110 valence electrons. The fourth-order valence-corrected chi connectivity index (χ4v) is 2.30. The second-order valence-corrected chi connectivity index (χ2v) is 5.37. The molecule has 3 rings (SSSR count). The van der Waals surface area contributed by atoms with Crippen LogP contribution in [0.25, 0.3) is 11.1 Å². The van der Waals surface area contributed by atoms with Crippen molar-refractivity contribution in [1.29, 1.82) is 0 Å². The van der Waals surface area contributed by atoms with Crippen LogP contribution < -0.4 is 10.6 Å². The molecule has 7 heteroatoms. The smallest absolute Gasteiger partial charge is 0.326 e. The van der Waals surface area contributed by atoms with E-state index in [0.717, 1.165) is 4.47 Å². The van der Waals surface area contributed by atoms with E-state index in [4.69, 9.17) is 4.42 Å². The molecule has 0 aliphatic rings. The number of hydrogen-bond donors (Lipinski definition) is 2. The lowest BCUT2D eigenvalue weighted by Crippen LogP contribution is -2.34. The van der Waals surface area contributed by atoms with Crippen molar-refractivity contribution in [2.75, 3.05) is 5.32 Å². The second kappa shape index (κ2) is 5.98. The minimum atomic E-state index is -0.610. The first kappa shape index (κ1) is 14.3. The van der Waals surface area contributed by atoms with E-state index < -0.39 is 11.9 Å². The summed E-state index contributed by atoms with van der Waals surface area (Å²) in [5.41, 5.74) is 2.02. The van der Waals surface area contributed by atoms with Gasteiger partial charge in [-0.05, 0) is 36.4 Å². The van der Waals surface area contributed by atoms with Crippen molar-refractivity contribution in [1.82, 2.24) is 10.3 Å². The van der Waals surface area contributed by atoms with Crippen molar-refractivity contribution in [3.63, 3.8) is 0 Å². The summed E-state index contributed by atoms with van der Waals surface area (Å²) in [6.07, 6.45) is 1.30. The van der Waals surface area contributed by atoms with Crippen LogP contribution in [0.4, 0.5) is 10.5 Å². The van der Waals surface area contributed by atoms with Gasteiger partial charge in [-0.15, -0.1) is 0 Å². The first-order valence-corrected chi connectivity index (χ1v) is 7.12. The summed E-state index contributed by atoms with van der Waals surface area (Å²) < 4.78 is 5.95. The molecule has 0 atom stereocenters. The maximum atomic E-state index is 12.0. The maximum Gasteiger partial charge on any atom is 0.326 e. The highest BCUT2D eigenvalue weighted by Crippen LogP contribution is 2.16. The van der Waals surface area contributed by atoms with Gasteiger partial charge in [-0.1, -0.05) is 22.0 Å². The summed E-state index contributed by atoms with van der Waals surface area (Å²) in [5.74, 6) is -0.522. The predicted octanol–water partition coefficient (Wildman–Crippen LogP) is 3.55. The van der Waals surface area contributed by atoms with Crippen LogP contribution in [-0.2, 0) is 0 Å². The van der Waals surface area contributed by atoms with E-state index in [1.807, 2.05) is 6.07 Å². The number of fused-ring (bicyclic) bond motifs is 1. The van der Waals surface area contributed by atoms with Crippen molar-refractivity contribution >= 4 is 44.7 Å². The molecule has 0 bridgehead atoms. The highest BCUT2D eigenvalue weighted by molar-refractivity contribution is 9.10. The van der Waals surface area contributed by atoms with Crippen molar-refractivity contribution in [3.8, 4) is 0 Å². The molecule has 1 aromatic heterocycles. The monoisotopic (exact) mass is 359 g/mol. The van der Waals surface area contributed by atoms with E-state index in [-0.39, 0.29) is 0 Å². The van der Waals surface area contributed by atoms with E-state index >= 15 is 0 Å². The van der Waals surface area contributed by atoms with Gasteiger partial charge in [0.1, 0.15) is 5.52 Å². The van der Waals surface area contributed by atoms with E-state index in [2.05, 4.69) is 31.5 Å². The number of rotatable bonds is 2. The highest BCUT2D eigenvalue weighted by Gasteiger charge is 2.12. The Balaban J connectivity index is 1.69. The van der Waals surface area contributed by atoms with Crippen molar-refractivity contribution in [3.05, 3.63) is 58.9 Å². The van der Waals surface area contributed by atoms with E-state index in [0.29, 0.717) is 22.4 Å². The van der Waals surface area contributed by atoms with E-state index in [1.54, 1.807) is 30.3 Å². The third kappa shape index (κ3) is 3.15. The summed E-state index contributed by atoms with van der Waals surface area (Å²) in [6.45, 7) is 0. The van der Waals surface area contributed by atoms with Gasteiger partial charge in [0.2, 0.25) is 0 Å². The number of amides is 3. The van der Waals surface area contributed by atoms with Gasteiger partial charge in [-0.25, -0.2) is 9.78 Å². The summed E-state index contributed by atoms with van der Waals surface area (Å²) in [6, 6.07) is 11.2. The molecule has 2 N–H and O–H groups in total. The van der Waals surface area contributed by atoms with Crippen LogP contribution in [0.15, 0.2) is 57.7 Å². The van der Waals surface area contributed by atoms with Crippen LogP contribution in [-0.4, -0.2) is 16.9 Å². The Bertz CT molecular complexity index is 860. The normalized spacial score (nSPS) is 10.4. The van der Waals surface area contributed by atoms with Gasteiger partial charge in [0.25, 0.3) is 5.91 Å². The Morgan fingerprint density at radius 1 is 1.14 bits per heavy atom. The molecule has 0 saturated heterocycles. The Hall–Kier alpha value is -2.67. The molecule has 0 radical (unpaired) electrons. The molecular weight excluding hydrogens is 350 g/mol. The zero-order chi connectivity index (χ0) is 15.5. The number of carbonyl (C=O) groups is 2. The minimum absolute atomic E-state index is 0.314. The average molecular weight is 360 g/mol. The van der Waals surface area contributed by atoms with Crippen LogP contribution in [0, 0.1) is 0 Å². The highest BCUT2D eigenvalue weighted by atomic mass is 79.9. The molecule has 0 aliphatic carbocycles. The lowest BCUT2D eigenvalue weighted by Gasteiger charge is -2.07. The largest absolute Gasteiger partial charge is 0.443 e. The van der Waals surface area contributed by atoms with Crippen molar-refractivity contribution in [2.24, 2.45) is 0 Å². The number of benzene rings is 2. The first-order chi connectivity index (χ1) is 10.6. The summed E-state index contributed by atoms with van der Waals surface area (Å²) >= 11 is 3.30. The fraction of sp³-hybridized carbons (Fsp3) is 0. The van der Waals surface area contributed by atoms with Crippen LogP contribution in [0.1, 0.15) is 10.4 Å². The quantitative estimate of drug-likeness (QED) is 0.732. The summed E-state index contributed by atoms with van der Waals surface area (Å²) in [7, 11) is 0. The lowest BCUT2D eigenvalue weighted by molar-refractivity contribution is 0.0967. The molecule has 0 unspecified atom stereocenters. The van der Waals surface area contributed by atoms with Crippen LogP contribution in [0.3, 0.4) is 0 Å². The average Bonchev–Trinajstić information content (AvgIpc) is 2.94. The van der Waals surface area contributed by atoms with Gasteiger partial charge in [0.15, 0.2) is 12.0 Å². The maximum absolute atomic E-state index is 12.0. The number of nitrogens with one attached hydrogen (secondary N) is 2. The summed E-state index contributed by atoms with van der Waals surface area (Å²) in [5, 5.41) is 4.83. The molecule has 0 saturated carbocycles. The zero-order valence-electron chi connectivity index (χ0n) is 11.2.